The molecule has 29 heavy (non-hydrogen) atoms. The molecule has 1 amide bonds. The summed E-state index contributed by atoms with van der Waals surface area (Å²) < 4.78 is 1.90. The Kier molecular flexibility index (Phi) is 6.74. The van der Waals surface area contributed by atoms with Crippen molar-refractivity contribution in [2.45, 2.75) is 20.4 Å². The Balaban J connectivity index is 1.89. The first kappa shape index (κ1) is 20.3. The van der Waals surface area contributed by atoms with Crippen molar-refractivity contribution in [1.82, 2.24) is 19.7 Å². The number of likely N-dealkylation sites (N-methyl/N-ethyl adjacent to an activating group) is 1. The lowest BCUT2D eigenvalue weighted by Crippen LogP contribution is -2.30. The molecule has 0 saturated carbocycles. The normalized spacial score (nSPS) is 11.0. The first-order valence-corrected chi connectivity index (χ1v) is 9.70. The van der Waals surface area contributed by atoms with E-state index >= 15 is 0 Å². The third-order valence-electron chi connectivity index (χ3n) is 4.47. The van der Waals surface area contributed by atoms with Crippen LogP contribution in [0.25, 0.3) is 17.3 Å². The topological polar surface area (TPSA) is 51.0 Å². The summed E-state index contributed by atoms with van der Waals surface area (Å²) in [6, 6.07) is 14.0. The Morgan fingerprint density at radius 2 is 2.00 bits per heavy atom. The summed E-state index contributed by atoms with van der Waals surface area (Å²) in [4.78, 5) is 18.6. The zero-order chi connectivity index (χ0) is 20.6. The van der Waals surface area contributed by atoms with Crippen molar-refractivity contribution in [1.29, 1.82) is 0 Å². The third-order valence-corrected chi connectivity index (χ3v) is 4.47. The number of nitrogens with zero attached hydrogens (tertiary/aromatic N) is 4. The van der Waals surface area contributed by atoms with Crippen molar-refractivity contribution in [3.05, 3.63) is 90.4 Å². The molecule has 3 aromatic rings. The number of carbonyl (C=O) groups excluding carboxylic acids is 1. The van der Waals surface area contributed by atoms with Gasteiger partial charge in [0.15, 0.2) is 0 Å². The number of amides is 1. The molecule has 1 aromatic carbocycles. The zero-order valence-corrected chi connectivity index (χ0v) is 17.0. The van der Waals surface area contributed by atoms with Crippen LogP contribution in [0.3, 0.4) is 0 Å². The van der Waals surface area contributed by atoms with Crippen molar-refractivity contribution in [2.24, 2.45) is 0 Å². The summed E-state index contributed by atoms with van der Waals surface area (Å²) in [6.45, 7) is 9.65. The van der Waals surface area contributed by atoms with Gasteiger partial charge in [-0.1, -0.05) is 42.5 Å². The number of benzene rings is 1. The maximum Gasteiger partial charge on any atom is 0.246 e. The lowest BCUT2D eigenvalue weighted by molar-refractivity contribution is -0.125. The molecule has 0 spiro atoms. The minimum atomic E-state index is -0.0385. The largest absolute Gasteiger partial charge is 0.335 e. The summed E-state index contributed by atoms with van der Waals surface area (Å²) in [5, 5.41) is 4.75. The van der Waals surface area contributed by atoms with Gasteiger partial charge < -0.3 is 4.90 Å². The van der Waals surface area contributed by atoms with Crippen LogP contribution in [0, 0.1) is 0 Å². The summed E-state index contributed by atoms with van der Waals surface area (Å²) in [7, 11) is 0. The Bertz CT molecular complexity index is 990. The quantitative estimate of drug-likeness (QED) is 0.425. The minimum absolute atomic E-state index is 0.0385. The van der Waals surface area contributed by atoms with Gasteiger partial charge in [-0.2, -0.15) is 5.10 Å². The van der Waals surface area contributed by atoms with Gasteiger partial charge in [-0.15, -0.1) is 0 Å². The van der Waals surface area contributed by atoms with E-state index in [1.54, 1.807) is 23.4 Å². The van der Waals surface area contributed by atoms with E-state index in [9.17, 15) is 4.79 Å². The smallest absolute Gasteiger partial charge is 0.246 e. The first-order valence-electron chi connectivity index (χ1n) is 9.70. The second kappa shape index (κ2) is 9.64. The van der Waals surface area contributed by atoms with Crippen LogP contribution in [-0.4, -0.2) is 38.7 Å². The Labute approximate surface area is 172 Å². The average molecular weight is 386 g/mol. The van der Waals surface area contributed by atoms with Crippen molar-refractivity contribution < 1.29 is 4.79 Å². The fourth-order valence-corrected chi connectivity index (χ4v) is 3.08. The highest BCUT2D eigenvalue weighted by Gasteiger charge is 2.12. The van der Waals surface area contributed by atoms with E-state index in [0.717, 1.165) is 28.0 Å². The van der Waals surface area contributed by atoms with E-state index in [1.165, 1.54) is 0 Å². The van der Waals surface area contributed by atoms with Crippen molar-refractivity contribution in [3.63, 3.8) is 0 Å². The molecule has 0 fully saturated rings. The van der Waals surface area contributed by atoms with Crippen LogP contribution in [-0.2, 0) is 11.3 Å². The van der Waals surface area contributed by atoms with Gasteiger partial charge in [-0.3, -0.25) is 14.5 Å². The lowest BCUT2D eigenvalue weighted by atomic mass is 10.1. The molecule has 5 nitrogen and oxygen atoms in total. The van der Waals surface area contributed by atoms with Gasteiger partial charge in [-0.25, -0.2) is 0 Å². The fraction of sp³-hybridized carbons (Fsp3) is 0.208. The zero-order valence-electron chi connectivity index (χ0n) is 17.0. The lowest BCUT2D eigenvalue weighted by Gasteiger charge is -2.18. The summed E-state index contributed by atoms with van der Waals surface area (Å²) in [5.74, 6) is -0.0385. The second-order valence-corrected chi connectivity index (χ2v) is 7.00. The molecule has 0 bridgehead atoms. The SMILES string of the molecule is C=C(C)CN(CC)C(=O)/C=C/c1cn(Cc2ccccc2)nc1-c1cccnc1. The van der Waals surface area contributed by atoms with E-state index in [0.29, 0.717) is 19.6 Å². The maximum absolute atomic E-state index is 12.6. The van der Waals surface area contributed by atoms with Crippen LogP contribution < -0.4 is 0 Å². The average Bonchev–Trinajstić information content (AvgIpc) is 3.14. The number of carbonyl (C=O) groups is 1. The minimum Gasteiger partial charge on any atom is -0.335 e. The molecule has 0 unspecified atom stereocenters. The van der Waals surface area contributed by atoms with E-state index in [1.807, 2.05) is 61.1 Å². The molecule has 5 heteroatoms. The van der Waals surface area contributed by atoms with Gasteiger partial charge in [0.1, 0.15) is 5.69 Å². The predicted molar refractivity (Wildman–Crippen MR) is 117 cm³/mol. The molecule has 0 aliphatic heterocycles. The Morgan fingerprint density at radius 1 is 1.21 bits per heavy atom. The van der Waals surface area contributed by atoms with Gasteiger partial charge in [-0.05, 0) is 37.6 Å². The number of aromatic nitrogens is 3. The van der Waals surface area contributed by atoms with Gasteiger partial charge in [0.25, 0.3) is 0 Å². The molecule has 0 aliphatic carbocycles. The molecule has 3 rings (SSSR count). The molecular formula is C24H26N4O. The van der Waals surface area contributed by atoms with Crippen LogP contribution in [0.15, 0.2) is 79.3 Å². The van der Waals surface area contributed by atoms with Crippen LogP contribution >= 0.6 is 0 Å². The van der Waals surface area contributed by atoms with E-state index in [2.05, 4.69) is 23.7 Å². The summed E-state index contributed by atoms with van der Waals surface area (Å²) >= 11 is 0. The monoisotopic (exact) mass is 386 g/mol. The van der Waals surface area contributed by atoms with E-state index in [4.69, 9.17) is 5.10 Å². The van der Waals surface area contributed by atoms with Gasteiger partial charge in [0.05, 0.1) is 6.54 Å². The van der Waals surface area contributed by atoms with E-state index in [-0.39, 0.29) is 5.91 Å². The molecule has 0 radical (unpaired) electrons. The molecule has 0 aliphatic rings. The fourth-order valence-electron chi connectivity index (χ4n) is 3.08. The molecular weight excluding hydrogens is 360 g/mol. The standard InChI is InChI=1S/C24H26N4O/c1-4-27(16-19(2)3)23(29)13-12-22-18-28(17-20-9-6-5-7-10-20)26-24(22)21-11-8-14-25-15-21/h5-15,18H,2,4,16-17H2,1,3H3/b13-12+. The van der Waals surface area contributed by atoms with Crippen molar-refractivity contribution >= 4 is 12.0 Å². The van der Waals surface area contributed by atoms with Gasteiger partial charge in [0.2, 0.25) is 5.91 Å². The number of hydrogen-bond donors (Lipinski definition) is 0. The highest BCUT2D eigenvalue weighted by Crippen LogP contribution is 2.23. The van der Waals surface area contributed by atoms with Crippen molar-refractivity contribution in [3.8, 4) is 11.3 Å². The molecule has 2 aromatic heterocycles. The van der Waals surface area contributed by atoms with Crippen molar-refractivity contribution in [2.75, 3.05) is 13.1 Å². The maximum atomic E-state index is 12.6. The molecule has 0 saturated heterocycles. The number of pyridine rings is 1. The van der Waals surface area contributed by atoms with Crippen LogP contribution in [0.2, 0.25) is 0 Å². The Hall–Kier alpha value is -3.47. The molecule has 2 heterocycles. The second-order valence-electron chi connectivity index (χ2n) is 7.00. The summed E-state index contributed by atoms with van der Waals surface area (Å²) in [6.07, 6.45) is 8.93. The predicted octanol–water partition coefficient (Wildman–Crippen LogP) is 4.43. The van der Waals surface area contributed by atoms with Crippen LogP contribution in [0.1, 0.15) is 25.0 Å². The van der Waals surface area contributed by atoms with Gasteiger partial charge in [0, 0.05) is 48.9 Å². The molecule has 0 N–H and O–H groups in total. The van der Waals surface area contributed by atoms with E-state index < -0.39 is 0 Å². The highest BCUT2D eigenvalue weighted by molar-refractivity contribution is 5.93. The molecule has 148 valence electrons. The van der Waals surface area contributed by atoms with Crippen LogP contribution in [0.4, 0.5) is 0 Å². The molecule has 0 atom stereocenters. The first-order chi connectivity index (χ1) is 14.1. The number of rotatable bonds is 8. The number of hydrogen-bond acceptors (Lipinski definition) is 3. The Morgan fingerprint density at radius 3 is 2.66 bits per heavy atom. The third kappa shape index (κ3) is 5.51. The summed E-state index contributed by atoms with van der Waals surface area (Å²) in [5.41, 5.74) is 4.73. The van der Waals surface area contributed by atoms with Crippen LogP contribution in [0.5, 0.6) is 0 Å². The van der Waals surface area contributed by atoms with Gasteiger partial charge >= 0.3 is 0 Å². The highest BCUT2D eigenvalue weighted by atomic mass is 16.2.